The highest BCUT2D eigenvalue weighted by molar-refractivity contribution is 14.1. The lowest BCUT2D eigenvalue weighted by Gasteiger charge is -2.27. The molecule has 0 saturated carbocycles. The first-order valence-corrected chi connectivity index (χ1v) is 13.9. The van der Waals surface area contributed by atoms with Crippen molar-refractivity contribution in [2.45, 2.75) is 12.2 Å². The highest BCUT2D eigenvalue weighted by Crippen LogP contribution is 2.31. The molecule has 1 amide bonds. The molecule has 0 heterocycles. The number of nitrogens with one attached hydrogen (secondary N) is 1. The fourth-order valence-corrected chi connectivity index (χ4v) is 6.21. The van der Waals surface area contributed by atoms with E-state index in [-0.39, 0.29) is 0 Å². The summed E-state index contributed by atoms with van der Waals surface area (Å²) in [5, 5.41) is 16.7. The Labute approximate surface area is 252 Å². The summed E-state index contributed by atoms with van der Waals surface area (Å²) in [5.41, 5.74) is 3.08. The molecule has 0 unspecified atom stereocenters. The zero-order valence-corrected chi connectivity index (χ0v) is 25.0. The smallest absolute Gasteiger partial charge is 0.281 e. The number of amides is 1. The fraction of sp³-hybridized carbons (Fsp3) is 0.0714. The van der Waals surface area contributed by atoms with Gasteiger partial charge in [0.2, 0.25) is 0 Å². The number of hydrogen-bond acceptors (Lipinski definition) is 4. The highest BCUT2D eigenvalue weighted by Gasteiger charge is 2.39. The zero-order valence-electron chi connectivity index (χ0n) is 19.2. The average molecular weight is 757 g/mol. The van der Waals surface area contributed by atoms with Gasteiger partial charge < -0.3 is 9.84 Å². The number of nitrogens with zero attached hydrogens (tertiary/aromatic N) is 1. The van der Waals surface area contributed by atoms with E-state index in [1.54, 1.807) is 60.7 Å². The van der Waals surface area contributed by atoms with Crippen LogP contribution in [0.5, 0.6) is 5.75 Å². The lowest BCUT2D eigenvalue weighted by Crippen LogP contribution is -2.43. The number of benzene rings is 4. The van der Waals surface area contributed by atoms with Gasteiger partial charge in [0.15, 0.2) is 5.60 Å². The number of hydrazone groups is 1. The third-order valence-electron chi connectivity index (χ3n) is 5.50. The van der Waals surface area contributed by atoms with Crippen LogP contribution in [-0.2, 0) is 17.0 Å². The van der Waals surface area contributed by atoms with Crippen molar-refractivity contribution in [3.8, 4) is 5.75 Å². The number of aliphatic hydroxyl groups is 1. The molecule has 4 aromatic rings. The minimum atomic E-state index is -1.90. The van der Waals surface area contributed by atoms with Crippen molar-refractivity contribution >= 4 is 80.5 Å². The minimum absolute atomic E-state index is 0.295. The summed E-state index contributed by atoms with van der Waals surface area (Å²) in [5.74, 6) is 0.0567. The summed E-state index contributed by atoms with van der Waals surface area (Å²) >= 11 is 16.6. The van der Waals surface area contributed by atoms with Crippen LogP contribution in [0.4, 0.5) is 0 Å². The SMILES string of the molecule is O=C(N/N=C/c1cc(I)c(OCc2ccc(Cl)cc2Cl)c(I)c1)C(O)(c1ccccc1)c1ccccc1. The molecule has 0 saturated heterocycles. The first-order chi connectivity index (χ1) is 17.8. The second-order valence-corrected chi connectivity index (χ2v) is 11.1. The normalized spacial score (nSPS) is 11.5. The third-order valence-corrected chi connectivity index (χ3v) is 7.69. The van der Waals surface area contributed by atoms with Gasteiger partial charge in [0.1, 0.15) is 12.4 Å². The molecule has 0 aliphatic carbocycles. The molecule has 0 atom stereocenters. The molecule has 4 rings (SSSR count). The van der Waals surface area contributed by atoms with E-state index in [1.165, 1.54) is 6.21 Å². The van der Waals surface area contributed by atoms with Crippen LogP contribution >= 0.6 is 68.4 Å². The van der Waals surface area contributed by atoms with Crippen molar-refractivity contribution < 1.29 is 14.6 Å². The molecule has 0 radical (unpaired) electrons. The van der Waals surface area contributed by atoms with Crippen LogP contribution in [0.3, 0.4) is 0 Å². The maximum absolute atomic E-state index is 13.2. The van der Waals surface area contributed by atoms with Crippen LogP contribution in [0.1, 0.15) is 22.3 Å². The van der Waals surface area contributed by atoms with Crippen LogP contribution in [0.25, 0.3) is 0 Å². The van der Waals surface area contributed by atoms with Gasteiger partial charge in [-0.1, -0.05) is 89.9 Å². The Kier molecular flexibility index (Phi) is 9.46. The third kappa shape index (κ3) is 6.64. The first kappa shape index (κ1) is 27.8. The van der Waals surface area contributed by atoms with Crippen molar-refractivity contribution in [1.82, 2.24) is 5.43 Å². The van der Waals surface area contributed by atoms with Crippen molar-refractivity contribution in [1.29, 1.82) is 0 Å². The highest BCUT2D eigenvalue weighted by atomic mass is 127. The Hall–Kier alpha value is -2.18. The van der Waals surface area contributed by atoms with Crippen LogP contribution < -0.4 is 10.2 Å². The van der Waals surface area contributed by atoms with E-state index in [0.29, 0.717) is 27.8 Å². The Bertz CT molecular complexity index is 1370. The summed E-state index contributed by atoms with van der Waals surface area (Å²) in [6, 6.07) is 26.6. The molecule has 0 aliphatic rings. The number of carbonyl (C=O) groups excluding carboxylic acids is 1. The molecule has 2 N–H and O–H groups in total. The molecule has 0 aliphatic heterocycles. The van der Waals surface area contributed by atoms with Crippen molar-refractivity contribution in [3.63, 3.8) is 0 Å². The first-order valence-electron chi connectivity index (χ1n) is 11.0. The molecule has 9 heteroatoms. The summed E-state index contributed by atoms with van der Waals surface area (Å²) in [6.07, 6.45) is 1.53. The van der Waals surface area contributed by atoms with E-state index >= 15 is 0 Å². The molecule has 0 spiro atoms. The van der Waals surface area contributed by atoms with Crippen LogP contribution in [-0.4, -0.2) is 17.2 Å². The van der Waals surface area contributed by atoms with Gasteiger partial charge in [-0.3, -0.25) is 4.79 Å². The molecular weight excluding hydrogens is 737 g/mol. The van der Waals surface area contributed by atoms with Crippen molar-refractivity contribution in [3.05, 3.63) is 130 Å². The summed E-state index contributed by atoms with van der Waals surface area (Å²) < 4.78 is 7.76. The number of carbonyl (C=O) groups is 1. The second-order valence-electron chi connectivity index (χ2n) is 7.98. The quantitative estimate of drug-likeness (QED) is 0.114. The molecule has 37 heavy (non-hydrogen) atoms. The van der Waals surface area contributed by atoms with Crippen molar-refractivity contribution in [2.75, 3.05) is 0 Å². The van der Waals surface area contributed by atoms with Gasteiger partial charge in [0.25, 0.3) is 5.91 Å². The predicted molar refractivity (Wildman–Crippen MR) is 164 cm³/mol. The van der Waals surface area contributed by atoms with Gasteiger partial charge in [-0.15, -0.1) is 0 Å². The Morgan fingerprint density at radius 1 is 0.919 bits per heavy atom. The summed E-state index contributed by atoms with van der Waals surface area (Å²) in [4.78, 5) is 13.2. The number of hydrogen-bond donors (Lipinski definition) is 2. The van der Waals surface area contributed by atoms with Gasteiger partial charge in [-0.05, 0) is 86.1 Å². The predicted octanol–water partition coefficient (Wildman–Crippen LogP) is 7.17. The maximum Gasteiger partial charge on any atom is 0.281 e. The number of ether oxygens (including phenoxy) is 1. The second kappa shape index (κ2) is 12.6. The topological polar surface area (TPSA) is 70.9 Å². The van der Waals surface area contributed by atoms with Crippen LogP contribution in [0.15, 0.2) is 96.1 Å². The van der Waals surface area contributed by atoms with Gasteiger partial charge in [-0.2, -0.15) is 5.10 Å². The minimum Gasteiger partial charge on any atom is -0.487 e. The van der Waals surface area contributed by atoms with E-state index in [0.717, 1.165) is 24.0 Å². The molecule has 0 bridgehead atoms. The Morgan fingerprint density at radius 3 is 2.03 bits per heavy atom. The van der Waals surface area contributed by atoms with E-state index in [2.05, 4.69) is 55.7 Å². The van der Waals surface area contributed by atoms with Crippen LogP contribution in [0.2, 0.25) is 10.0 Å². The van der Waals surface area contributed by atoms with Gasteiger partial charge in [0, 0.05) is 15.6 Å². The molecule has 0 fully saturated rings. The molecular formula is C28H20Cl2I2N2O3. The molecule has 4 aromatic carbocycles. The monoisotopic (exact) mass is 756 g/mol. The van der Waals surface area contributed by atoms with Crippen LogP contribution in [0, 0.1) is 7.14 Å². The van der Waals surface area contributed by atoms with Gasteiger partial charge in [-0.25, -0.2) is 5.43 Å². The molecule has 188 valence electrons. The van der Waals surface area contributed by atoms with Crippen molar-refractivity contribution in [2.24, 2.45) is 5.10 Å². The standard InChI is InChI=1S/C28H20Cl2I2N2O3/c29-22-12-11-19(23(30)15-22)17-37-26-24(31)13-18(14-25(26)32)16-33-34-27(35)28(36,20-7-3-1-4-8-20)21-9-5-2-6-10-21/h1-16,36H,17H2,(H,34,35)/b33-16+. The summed E-state index contributed by atoms with van der Waals surface area (Å²) in [6.45, 7) is 0.295. The van der Waals surface area contributed by atoms with Gasteiger partial charge >= 0.3 is 0 Å². The largest absolute Gasteiger partial charge is 0.487 e. The molecule has 0 aromatic heterocycles. The Balaban J connectivity index is 1.49. The maximum atomic E-state index is 13.2. The van der Waals surface area contributed by atoms with E-state index < -0.39 is 11.5 Å². The number of rotatable bonds is 8. The summed E-state index contributed by atoms with van der Waals surface area (Å²) in [7, 11) is 0. The van der Waals surface area contributed by atoms with E-state index in [9.17, 15) is 9.90 Å². The van der Waals surface area contributed by atoms with Gasteiger partial charge in [0.05, 0.1) is 13.4 Å². The van der Waals surface area contributed by atoms with E-state index in [1.807, 2.05) is 30.3 Å². The average Bonchev–Trinajstić information content (AvgIpc) is 2.89. The number of halogens is 4. The van der Waals surface area contributed by atoms with E-state index in [4.69, 9.17) is 27.9 Å². The molecule has 5 nitrogen and oxygen atoms in total. The Morgan fingerprint density at radius 2 is 1.49 bits per heavy atom. The zero-order chi connectivity index (χ0) is 26.4. The fourth-order valence-electron chi connectivity index (χ4n) is 3.61. The lowest BCUT2D eigenvalue weighted by molar-refractivity contribution is -0.136. The lowest BCUT2D eigenvalue weighted by atomic mass is 9.85.